The SMILES string of the molecule is CCOc1ccc(SCC(=O)NC(C)CCCO)cc1. The van der Waals surface area contributed by atoms with Crippen LogP contribution < -0.4 is 10.1 Å². The van der Waals surface area contributed by atoms with E-state index in [1.54, 1.807) is 0 Å². The molecule has 0 aliphatic rings. The summed E-state index contributed by atoms with van der Waals surface area (Å²) < 4.78 is 5.37. The molecule has 112 valence electrons. The number of aliphatic hydroxyl groups excluding tert-OH is 1. The molecule has 0 bridgehead atoms. The number of aliphatic hydroxyl groups is 1. The summed E-state index contributed by atoms with van der Waals surface area (Å²) in [5.41, 5.74) is 0. The Kier molecular flexibility index (Phi) is 8.14. The molecule has 2 N–H and O–H groups in total. The molecular formula is C15H23NO3S. The summed E-state index contributed by atoms with van der Waals surface area (Å²) in [6.07, 6.45) is 1.52. The number of amides is 1. The number of ether oxygens (including phenoxy) is 1. The van der Waals surface area contributed by atoms with Gasteiger partial charge in [-0.15, -0.1) is 11.8 Å². The topological polar surface area (TPSA) is 58.6 Å². The number of hydrogen-bond donors (Lipinski definition) is 2. The monoisotopic (exact) mass is 297 g/mol. The summed E-state index contributed by atoms with van der Waals surface area (Å²) >= 11 is 1.50. The summed E-state index contributed by atoms with van der Waals surface area (Å²) in [7, 11) is 0. The Labute approximate surface area is 124 Å². The van der Waals surface area contributed by atoms with Gasteiger partial charge in [0.2, 0.25) is 5.91 Å². The fourth-order valence-corrected chi connectivity index (χ4v) is 2.44. The molecule has 0 aliphatic carbocycles. The normalized spacial score (nSPS) is 11.9. The van der Waals surface area contributed by atoms with Crippen LogP contribution in [0.5, 0.6) is 5.75 Å². The summed E-state index contributed by atoms with van der Waals surface area (Å²) in [6, 6.07) is 7.84. The second kappa shape index (κ2) is 9.66. The maximum absolute atomic E-state index is 11.7. The molecule has 0 saturated carbocycles. The zero-order valence-electron chi connectivity index (χ0n) is 12.1. The van der Waals surface area contributed by atoms with Crippen LogP contribution in [0.25, 0.3) is 0 Å². The molecule has 0 saturated heterocycles. The Morgan fingerprint density at radius 2 is 2.10 bits per heavy atom. The first-order valence-electron chi connectivity index (χ1n) is 6.91. The molecule has 0 fully saturated rings. The third-order valence-electron chi connectivity index (χ3n) is 2.71. The van der Waals surface area contributed by atoms with E-state index in [1.165, 1.54) is 11.8 Å². The molecule has 0 aromatic heterocycles. The molecule has 1 atom stereocenters. The van der Waals surface area contributed by atoms with Gasteiger partial charge in [-0.05, 0) is 51.0 Å². The van der Waals surface area contributed by atoms with Crippen molar-refractivity contribution in [3.8, 4) is 5.75 Å². The molecule has 1 aromatic carbocycles. The van der Waals surface area contributed by atoms with Gasteiger partial charge < -0.3 is 15.2 Å². The number of carbonyl (C=O) groups excluding carboxylic acids is 1. The van der Waals surface area contributed by atoms with Gasteiger partial charge >= 0.3 is 0 Å². The first-order chi connectivity index (χ1) is 9.65. The Hall–Kier alpha value is -1.20. The van der Waals surface area contributed by atoms with E-state index in [-0.39, 0.29) is 18.6 Å². The van der Waals surface area contributed by atoms with Crippen molar-refractivity contribution < 1.29 is 14.6 Å². The van der Waals surface area contributed by atoms with Gasteiger partial charge in [-0.2, -0.15) is 0 Å². The van der Waals surface area contributed by atoms with Crippen LogP contribution in [0.3, 0.4) is 0 Å². The van der Waals surface area contributed by atoms with Crippen LogP contribution in [-0.2, 0) is 4.79 Å². The second-order valence-corrected chi connectivity index (χ2v) is 5.58. The lowest BCUT2D eigenvalue weighted by Crippen LogP contribution is -2.33. The molecule has 0 heterocycles. The van der Waals surface area contributed by atoms with Crippen LogP contribution in [0.2, 0.25) is 0 Å². The molecule has 1 aromatic rings. The zero-order chi connectivity index (χ0) is 14.8. The van der Waals surface area contributed by atoms with Crippen LogP contribution in [-0.4, -0.2) is 36.0 Å². The maximum atomic E-state index is 11.7. The number of carbonyl (C=O) groups is 1. The van der Waals surface area contributed by atoms with Gasteiger partial charge in [-0.1, -0.05) is 0 Å². The summed E-state index contributed by atoms with van der Waals surface area (Å²) in [5, 5.41) is 11.7. The van der Waals surface area contributed by atoms with E-state index in [2.05, 4.69) is 5.32 Å². The van der Waals surface area contributed by atoms with Crippen LogP contribution in [0, 0.1) is 0 Å². The molecule has 1 amide bonds. The van der Waals surface area contributed by atoms with Crippen LogP contribution >= 0.6 is 11.8 Å². The molecular weight excluding hydrogens is 274 g/mol. The van der Waals surface area contributed by atoms with Crippen LogP contribution in [0.4, 0.5) is 0 Å². The van der Waals surface area contributed by atoms with Crippen molar-refractivity contribution in [1.82, 2.24) is 5.32 Å². The number of hydrogen-bond acceptors (Lipinski definition) is 4. The third-order valence-corrected chi connectivity index (χ3v) is 3.72. The average Bonchev–Trinajstić information content (AvgIpc) is 2.45. The number of rotatable bonds is 9. The number of thioether (sulfide) groups is 1. The minimum absolute atomic E-state index is 0.0225. The lowest BCUT2D eigenvalue weighted by atomic mass is 10.2. The largest absolute Gasteiger partial charge is 0.494 e. The van der Waals surface area contributed by atoms with Crippen molar-refractivity contribution in [2.75, 3.05) is 19.0 Å². The highest BCUT2D eigenvalue weighted by Gasteiger charge is 2.07. The molecule has 0 aliphatic heterocycles. The fourth-order valence-electron chi connectivity index (χ4n) is 1.73. The highest BCUT2D eigenvalue weighted by atomic mass is 32.2. The van der Waals surface area contributed by atoms with Crippen LogP contribution in [0.15, 0.2) is 29.2 Å². The quantitative estimate of drug-likeness (QED) is 0.687. The van der Waals surface area contributed by atoms with E-state index >= 15 is 0 Å². The Morgan fingerprint density at radius 1 is 1.40 bits per heavy atom. The molecule has 4 nitrogen and oxygen atoms in total. The van der Waals surface area contributed by atoms with Crippen molar-refractivity contribution in [2.45, 2.75) is 37.6 Å². The van der Waals surface area contributed by atoms with Crippen molar-refractivity contribution in [2.24, 2.45) is 0 Å². The van der Waals surface area contributed by atoms with E-state index in [9.17, 15) is 4.79 Å². The van der Waals surface area contributed by atoms with E-state index in [0.717, 1.165) is 17.1 Å². The Morgan fingerprint density at radius 3 is 2.70 bits per heavy atom. The van der Waals surface area contributed by atoms with Gasteiger partial charge in [0, 0.05) is 17.5 Å². The van der Waals surface area contributed by atoms with Crippen molar-refractivity contribution >= 4 is 17.7 Å². The zero-order valence-corrected chi connectivity index (χ0v) is 12.9. The fraction of sp³-hybridized carbons (Fsp3) is 0.533. The predicted molar refractivity (Wildman–Crippen MR) is 82.3 cm³/mol. The van der Waals surface area contributed by atoms with Gasteiger partial charge in [0.05, 0.1) is 12.4 Å². The smallest absolute Gasteiger partial charge is 0.230 e. The molecule has 5 heteroatoms. The Bertz CT molecular complexity index is 395. The highest BCUT2D eigenvalue weighted by Crippen LogP contribution is 2.21. The number of nitrogens with one attached hydrogen (secondary N) is 1. The lowest BCUT2D eigenvalue weighted by molar-refractivity contribution is -0.119. The molecule has 0 spiro atoms. The molecule has 1 rings (SSSR count). The van der Waals surface area contributed by atoms with Gasteiger partial charge in [0.25, 0.3) is 0 Å². The van der Waals surface area contributed by atoms with E-state index in [0.29, 0.717) is 18.8 Å². The van der Waals surface area contributed by atoms with Gasteiger partial charge in [0.15, 0.2) is 0 Å². The van der Waals surface area contributed by atoms with E-state index in [4.69, 9.17) is 9.84 Å². The van der Waals surface area contributed by atoms with E-state index in [1.807, 2.05) is 38.1 Å². The van der Waals surface area contributed by atoms with Gasteiger partial charge in [-0.25, -0.2) is 0 Å². The molecule has 20 heavy (non-hydrogen) atoms. The highest BCUT2D eigenvalue weighted by molar-refractivity contribution is 8.00. The average molecular weight is 297 g/mol. The molecule has 0 radical (unpaired) electrons. The summed E-state index contributed by atoms with van der Waals surface area (Å²) in [5.74, 6) is 1.27. The number of benzene rings is 1. The predicted octanol–water partition coefficient (Wildman–Crippen LogP) is 2.45. The lowest BCUT2D eigenvalue weighted by Gasteiger charge is -2.13. The summed E-state index contributed by atoms with van der Waals surface area (Å²) in [6.45, 7) is 4.72. The Balaban J connectivity index is 2.29. The molecule has 1 unspecified atom stereocenters. The first-order valence-corrected chi connectivity index (χ1v) is 7.90. The van der Waals surface area contributed by atoms with Gasteiger partial charge in [0.1, 0.15) is 5.75 Å². The minimum atomic E-state index is 0.0225. The summed E-state index contributed by atoms with van der Waals surface area (Å²) in [4.78, 5) is 12.8. The third kappa shape index (κ3) is 6.82. The van der Waals surface area contributed by atoms with E-state index < -0.39 is 0 Å². The standard InChI is InChI=1S/C15H23NO3S/c1-3-19-13-6-8-14(9-7-13)20-11-15(18)16-12(2)5-4-10-17/h6-9,12,17H,3-5,10-11H2,1-2H3,(H,16,18). The van der Waals surface area contributed by atoms with Crippen molar-refractivity contribution in [3.05, 3.63) is 24.3 Å². The van der Waals surface area contributed by atoms with Gasteiger partial charge in [-0.3, -0.25) is 4.79 Å². The van der Waals surface area contributed by atoms with Crippen LogP contribution in [0.1, 0.15) is 26.7 Å². The van der Waals surface area contributed by atoms with Crippen molar-refractivity contribution in [1.29, 1.82) is 0 Å². The first kappa shape index (κ1) is 16.9. The second-order valence-electron chi connectivity index (χ2n) is 4.53. The van der Waals surface area contributed by atoms with Crippen molar-refractivity contribution in [3.63, 3.8) is 0 Å². The maximum Gasteiger partial charge on any atom is 0.230 e. The minimum Gasteiger partial charge on any atom is -0.494 e.